The molecule has 3 aromatic carbocycles. The van der Waals surface area contributed by atoms with Crippen molar-refractivity contribution in [3.05, 3.63) is 95.2 Å². The van der Waals surface area contributed by atoms with Crippen LogP contribution in [0.15, 0.2) is 78.5 Å². The molecule has 1 fully saturated rings. The molecule has 5 heteroatoms. The summed E-state index contributed by atoms with van der Waals surface area (Å²) in [5.74, 6) is -0.594. The van der Waals surface area contributed by atoms with Crippen LogP contribution in [0, 0.1) is 13.8 Å². The SMILES string of the molecule is Cc1ccc(C2=C(N(C)c3ccccc3)C(=O)N(c3ccc(N4CCCC4)cc3)C2=O)c(C)c1. The lowest BCUT2D eigenvalue weighted by Gasteiger charge is -2.22. The molecule has 0 bridgehead atoms. The number of para-hydroxylation sites is 1. The first-order chi connectivity index (χ1) is 16.5. The Balaban J connectivity index is 1.59. The number of amides is 2. The van der Waals surface area contributed by atoms with Crippen molar-refractivity contribution in [2.45, 2.75) is 26.7 Å². The van der Waals surface area contributed by atoms with Crippen molar-refractivity contribution >= 4 is 34.4 Å². The molecule has 3 aromatic rings. The molecule has 2 heterocycles. The summed E-state index contributed by atoms with van der Waals surface area (Å²) in [6.45, 7) is 6.11. The Morgan fingerprint density at radius 3 is 2.06 bits per heavy atom. The van der Waals surface area contributed by atoms with E-state index in [-0.39, 0.29) is 11.8 Å². The normalized spacial score (nSPS) is 16.1. The van der Waals surface area contributed by atoms with Gasteiger partial charge in [-0.05, 0) is 74.2 Å². The molecule has 0 atom stereocenters. The Morgan fingerprint density at radius 1 is 0.765 bits per heavy atom. The van der Waals surface area contributed by atoms with Gasteiger partial charge in [0.25, 0.3) is 11.8 Å². The first-order valence-corrected chi connectivity index (χ1v) is 11.8. The molecule has 0 aliphatic carbocycles. The lowest BCUT2D eigenvalue weighted by molar-refractivity contribution is -0.120. The minimum Gasteiger partial charge on any atom is -0.372 e. The highest BCUT2D eigenvalue weighted by Crippen LogP contribution is 2.38. The molecule has 2 aliphatic heterocycles. The summed E-state index contributed by atoms with van der Waals surface area (Å²) < 4.78 is 0. The van der Waals surface area contributed by atoms with Crippen molar-refractivity contribution < 1.29 is 9.59 Å². The van der Waals surface area contributed by atoms with E-state index in [0.717, 1.165) is 41.2 Å². The second-order valence-corrected chi connectivity index (χ2v) is 9.09. The smallest absolute Gasteiger partial charge is 0.282 e. The summed E-state index contributed by atoms with van der Waals surface area (Å²) in [4.78, 5) is 33.2. The summed E-state index contributed by atoms with van der Waals surface area (Å²) in [6, 6.07) is 23.5. The molecule has 172 valence electrons. The molecule has 34 heavy (non-hydrogen) atoms. The quantitative estimate of drug-likeness (QED) is 0.492. The van der Waals surface area contributed by atoms with Crippen LogP contribution in [0.3, 0.4) is 0 Å². The lowest BCUT2D eigenvalue weighted by Crippen LogP contribution is -2.34. The predicted molar refractivity (Wildman–Crippen MR) is 138 cm³/mol. The fourth-order valence-electron chi connectivity index (χ4n) is 4.97. The number of likely N-dealkylation sites (N-methyl/N-ethyl adjacent to an activating group) is 1. The van der Waals surface area contributed by atoms with Gasteiger partial charge in [0, 0.05) is 31.5 Å². The van der Waals surface area contributed by atoms with Gasteiger partial charge in [0.15, 0.2) is 0 Å². The highest BCUT2D eigenvalue weighted by Gasteiger charge is 2.42. The van der Waals surface area contributed by atoms with Gasteiger partial charge in [0.05, 0.1) is 11.3 Å². The van der Waals surface area contributed by atoms with Gasteiger partial charge >= 0.3 is 0 Å². The number of hydrogen-bond donors (Lipinski definition) is 0. The maximum absolute atomic E-state index is 13.9. The summed E-state index contributed by atoms with van der Waals surface area (Å²) in [7, 11) is 1.85. The third kappa shape index (κ3) is 3.77. The average molecular weight is 452 g/mol. The van der Waals surface area contributed by atoms with Gasteiger partial charge in [-0.25, -0.2) is 4.90 Å². The van der Waals surface area contributed by atoms with Gasteiger partial charge in [0.2, 0.25) is 0 Å². The van der Waals surface area contributed by atoms with Crippen LogP contribution in [0.25, 0.3) is 5.57 Å². The van der Waals surface area contributed by atoms with Crippen molar-refractivity contribution in [1.29, 1.82) is 0 Å². The molecule has 0 aromatic heterocycles. The zero-order valence-electron chi connectivity index (χ0n) is 19.9. The average Bonchev–Trinajstić information content (AvgIpc) is 3.46. The summed E-state index contributed by atoms with van der Waals surface area (Å²) in [5, 5.41) is 0. The lowest BCUT2D eigenvalue weighted by atomic mass is 9.97. The molecule has 1 saturated heterocycles. The van der Waals surface area contributed by atoms with E-state index in [2.05, 4.69) is 4.90 Å². The topological polar surface area (TPSA) is 43.9 Å². The van der Waals surface area contributed by atoms with E-state index in [0.29, 0.717) is 17.0 Å². The molecule has 0 spiro atoms. The van der Waals surface area contributed by atoms with Crippen LogP contribution in [0.4, 0.5) is 17.1 Å². The molecule has 0 radical (unpaired) electrons. The number of carbonyl (C=O) groups is 2. The largest absolute Gasteiger partial charge is 0.372 e. The van der Waals surface area contributed by atoms with Gasteiger partial charge in [-0.1, -0.05) is 42.0 Å². The van der Waals surface area contributed by atoms with Crippen LogP contribution in [0.2, 0.25) is 0 Å². The number of aryl methyl sites for hydroxylation is 2. The monoisotopic (exact) mass is 451 g/mol. The summed E-state index contributed by atoms with van der Waals surface area (Å²) >= 11 is 0. The highest BCUT2D eigenvalue weighted by atomic mass is 16.2. The van der Waals surface area contributed by atoms with Crippen LogP contribution < -0.4 is 14.7 Å². The van der Waals surface area contributed by atoms with E-state index in [4.69, 9.17) is 0 Å². The van der Waals surface area contributed by atoms with E-state index in [9.17, 15) is 9.59 Å². The third-order valence-electron chi connectivity index (χ3n) is 6.77. The first-order valence-electron chi connectivity index (χ1n) is 11.8. The molecular weight excluding hydrogens is 422 g/mol. The number of benzene rings is 3. The van der Waals surface area contributed by atoms with Gasteiger partial charge in [0.1, 0.15) is 5.70 Å². The zero-order chi connectivity index (χ0) is 23.8. The zero-order valence-corrected chi connectivity index (χ0v) is 19.9. The van der Waals surface area contributed by atoms with Crippen molar-refractivity contribution in [3.63, 3.8) is 0 Å². The van der Waals surface area contributed by atoms with Crippen molar-refractivity contribution in [2.24, 2.45) is 0 Å². The Morgan fingerprint density at radius 2 is 1.41 bits per heavy atom. The minimum absolute atomic E-state index is 0.288. The van der Waals surface area contributed by atoms with E-state index >= 15 is 0 Å². The molecule has 0 unspecified atom stereocenters. The Hall–Kier alpha value is -3.86. The molecule has 0 saturated carbocycles. The Labute approximate surface area is 200 Å². The molecule has 5 rings (SSSR count). The van der Waals surface area contributed by atoms with Gasteiger partial charge in [-0.2, -0.15) is 0 Å². The van der Waals surface area contributed by atoms with E-state index in [1.54, 1.807) is 0 Å². The van der Waals surface area contributed by atoms with Crippen LogP contribution >= 0.6 is 0 Å². The van der Waals surface area contributed by atoms with Crippen LogP contribution in [-0.2, 0) is 9.59 Å². The molecule has 2 aliphatic rings. The van der Waals surface area contributed by atoms with Crippen molar-refractivity contribution in [3.8, 4) is 0 Å². The Kier molecular flexibility index (Phi) is 5.70. The standard InChI is InChI=1S/C29H29N3O2/c1-20-11-16-25(21(2)19-20)26-27(30(3)22-9-5-4-6-10-22)29(34)32(28(26)33)24-14-12-23(13-15-24)31-17-7-8-18-31/h4-6,9-16,19H,7-8,17-18H2,1-3H3. The second-order valence-electron chi connectivity index (χ2n) is 9.09. The van der Waals surface area contributed by atoms with E-state index in [1.807, 2.05) is 98.6 Å². The number of rotatable bonds is 5. The maximum atomic E-state index is 13.9. The van der Waals surface area contributed by atoms with Crippen LogP contribution in [0.1, 0.15) is 29.5 Å². The Bertz CT molecular complexity index is 1270. The summed E-state index contributed by atoms with van der Waals surface area (Å²) in [5.41, 5.74) is 6.29. The molecular formula is C29H29N3O2. The van der Waals surface area contributed by atoms with Crippen molar-refractivity contribution in [2.75, 3.05) is 34.8 Å². The predicted octanol–water partition coefficient (Wildman–Crippen LogP) is 5.32. The summed E-state index contributed by atoms with van der Waals surface area (Å²) in [6.07, 6.45) is 2.40. The van der Waals surface area contributed by atoms with E-state index < -0.39 is 0 Å². The van der Waals surface area contributed by atoms with Crippen LogP contribution in [0.5, 0.6) is 0 Å². The number of anilines is 3. The molecule has 5 nitrogen and oxygen atoms in total. The van der Waals surface area contributed by atoms with Gasteiger partial charge in [-0.15, -0.1) is 0 Å². The number of hydrogen-bond acceptors (Lipinski definition) is 4. The highest BCUT2D eigenvalue weighted by molar-refractivity contribution is 6.46. The third-order valence-corrected chi connectivity index (χ3v) is 6.77. The maximum Gasteiger partial charge on any atom is 0.282 e. The fourth-order valence-corrected chi connectivity index (χ4v) is 4.97. The number of nitrogens with zero attached hydrogens (tertiary/aromatic N) is 3. The second kappa shape index (κ2) is 8.82. The van der Waals surface area contributed by atoms with Crippen molar-refractivity contribution in [1.82, 2.24) is 0 Å². The van der Waals surface area contributed by atoms with E-state index in [1.165, 1.54) is 17.7 Å². The minimum atomic E-state index is -0.305. The molecule has 2 amide bonds. The number of imide groups is 1. The molecule has 0 N–H and O–H groups in total. The van der Waals surface area contributed by atoms with Gasteiger partial charge < -0.3 is 9.80 Å². The first kappa shape index (κ1) is 22.0. The van der Waals surface area contributed by atoms with Crippen LogP contribution in [-0.4, -0.2) is 32.0 Å². The fraction of sp³-hybridized carbons (Fsp3) is 0.241. The number of carbonyl (C=O) groups excluding carboxylic acids is 2. The van der Waals surface area contributed by atoms with Gasteiger partial charge in [-0.3, -0.25) is 9.59 Å².